The number of hydrogen-bond acceptors (Lipinski definition) is 4. The van der Waals surface area contributed by atoms with Gasteiger partial charge in [-0.25, -0.2) is 0 Å². The van der Waals surface area contributed by atoms with Crippen LogP contribution in [0, 0.1) is 18.8 Å². The molecule has 0 radical (unpaired) electrons. The molecule has 0 saturated carbocycles. The van der Waals surface area contributed by atoms with Crippen molar-refractivity contribution in [3.63, 3.8) is 0 Å². The highest BCUT2D eigenvalue weighted by atomic mass is 19.4. The van der Waals surface area contributed by atoms with Crippen LogP contribution in [0.1, 0.15) is 23.6 Å². The number of nitrogens with zero attached hydrogens (tertiary/aromatic N) is 1. The lowest BCUT2D eigenvalue weighted by atomic mass is 9.90. The summed E-state index contributed by atoms with van der Waals surface area (Å²) in [5.74, 6) is 5.69. The summed E-state index contributed by atoms with van der Waals surface area (Å²) in [5, 5.41) is 12.8. The molecule has 0 aliphatic heterocycles. The van der Waals surface area contributed by atoms with Crippen LogP contribution < -0.4 is 15.0 Å². The number of alkyl halides is 3. The van der Waals surface area contributed by atoms with Gasteiger partial charge in [-0.2, -0.15) is 0 Å². The summed E-state index contributed by atoms with van der Waals surface area (Å²) in [7, 11) is 3.79. The Kier molecular flexibility index (Phi) is 8.16. The lowest BCUT2D eigenvalue weighted by Gasteiger charge is -2.27. The van der Waals surface area contributed by atoms with Gasteiger partial charge in [0.25, 0.3) is 0 Å². The Morgan fingerprint density at radius 1 is 1.20 bits per heavy atom. The van der Waals surface area contributed by atoms with E-state index in [4.69, 9.17) is 0 Å². The topological polar surface area (TPSA) is 44.7 Å². The molecule has 0 spiro atoms. The molecule has 30 heavy (non-hydrogen) atoms. The van der Waals surface area contributed by atoms with E-state index >= 15 is 0 Å². The maximum Gasteiger partial charge on any atom is 0.573 e. The van der Waals surface area contributed by atoms with Crippen molar-refractivity contribution in [2.45, 2.75) is 33.2 Å². The number of anilines is 1. The SMILES string of the molecule is CC#CCN(C)c1c(C)c(-c2ccc(OC(F)(F)F)cc2)cc(CNC)c1CCO. The van der Waals surface area contributed by atoms with Crippen molar-refractivity contribution in [2.75, 3.05) is 32.1 Å². The fraction of sp³-hybridized carbons (Fsp3) is 0.391. The zero-order valence-electron chi connectivity index (χ0n) is 17.7. The molecule has 0 unspecified atom stereocenters. The van der Waals surface area contributed by atoms with E-state index in [0.29, 0.717) is 19.5 Å². The van der Waals surface area contributed by atoms with Crippen molar-refractivity contribution >= 4 is 5.69 Å². The van der Waals surface area contributed by atoms with E-state index in [-0.39, 0.29) is 12.4 Å². The second-order valence-electron chi connectivity index (χ2n) is 6.89. The summed E-state index contributed by atoms with van der Waals surface area (Å²) < 4.78 is 41.4. The van der Waals surface area contributed by atoms with Crippen molar-refractivity contribution in [1.82, 2.24) is 5.32 Å². The molecular formula is C23H27F3N2O2. The van der Waals surface area contributed by atoms with Gasteiger partial charge in [-0.3, -0.25) is 0 Å². The maximum absolute atomic E-state index is 12.5. The van der Waals surface area contributed by atoms with E-state index < -0.39 is 6.36 Å². The Morgan fingerprint density at radius 3 is 2.40 bits per heavy atom. The van der Waals surface area contributed by atoms with Crippen LogP contribution in [0.2, 0.25) is 0 Å². The Hall–Kier alpha value is -2.69. The van der Waals surface area contributed by atoms with E-state index in [1.54, 1.807) is 19.1 Å². The average Bonchev–Trinajstić information content (AvgIpc) is 2.68. The number of nitrogens with one attached hydrogen (secondary N) is 1. The van der Waals surface area contributed by atoms with Gasteiger partial charge in [-0.05, 0) is 73.3 Å². The van der Waals surface area contributed by atoms with Crippen molar-refractivity contribution < 1.29 is 23.0 Å². The lowest BCUT2D eigenvalue weighted by molar-refractivity contribution is -0.274. The minimum absolute atomic E-state index is 0.0132. The van der Waals surface area contributed by atoms with Crippen LogP contribution in [-0.2, 0) is 13.0 Å². The van der Waals surface area contributed by atoms with Crippen molar-refractivity contribution in [1.29, 1.82) is 0 Å². The van der Waals surface area contributed by atoms with Crippen LogP contribution in [0.25, 0.3) is 11.1 Å². The molecule has 0 heterocycles. The molecule has 0 aromatic heterocycles. The number of hydrogen-bond donors (Lipinski definition) is 2. The van der Waals surface area contributed by atoms with Gasteiger partial charge in [-0.15, -0.1) is 19.1 Å². The smallest absolute Gasteiger partial charge is 0.406 e. The van der Waals surface area contributed by atoms with Gasteiger partial charge in [0.2, 0.25) is 0 Å². The largest absolute Gasteiger partial charge is 0.573 e. The standard InChI is InChI=1S/C23H27F3N2O2/c1-5-6-12-28(4)22-16(2)21(14-18(15-27-3)20(22)11-13-29)17-7-9-19(10-8-17)30-23(24,25)26/h7-10,14,27,29H,11-13,15H2,1-4H3. The second kappa shape index (κ2) is 10.4. The van der Waals surface area contributed by atoms with Crippen LogP contribution >= 0.6 is 0 Å². The van der Waals surface area contributed by atoms with Crippen LogP contribution in [0.3, 0.4) is 0 Å². The summed E-state index contributed by atoms with van der Waals surface area (Å²) in [6.45, 7) is 4.89. The molecule has 7 heteroatoms. The molecule has 0 aliphatic carbocycles. The number of benzene rings is 2. The summed E-state index contributed by atoms with van der Waals surface area (Å²) in [6.07, 6.45) is -4.23. The van der Waals surface area contributed by atoms with Gasteiger partial charge in [0.1, 0.15) is 5.75 Å². The van der Waals surface area contributed by atoms with E-state index in [2.05, 4.69) is 21.9 Å². The van der Waals surface area contributed by atoms with Crippen LogP contribution in [0.15, 0.2) is 30.3 Å². The van der Waals surface area contributed by atoms with Gasteiger partial charge in [0.15, 0.2) is 0 Å². The van der Waals surface area contributed by atoms with E-state index in [1.807, 2.05) is 32.0 Å². The number of aliphatic hydroxyl groups excluding tert-OH is 1. The molecule has 4 nitrogen and oxygen atoms in total. The highest BCUT2D eigenvalue weighted by molar-refractivity contribution is 5.78. The minimum atomic E-state index is -4.72. The zero-order valence-corrected chi connectivity index (χ0v) is 17.7. The fourth-order valence-corrected chi connectivity index (χ4v) is 3.54. The molecule has 2 aromatic rings. The monoisotopic (exact) mass is 420 g/mol. The molecule has 2 N–H and O–H groups in total. The van der Waals surface area contributed by atoms with Gasteiger partial charge in [0, 0.05) is 25.9 Å². The van der Waals surface area contributed by atoms with Crippen molar-refractivity contribution in [3.8, 4) is 28.7 Å². The Morgan fingerprint density at radius 2 is 1.87 bits per heavy atom. The second-order valence-corrected chi connectivity index (χ2v) is 6.89. The number of halogens is 3. The third kappa shape index (κ3) is 5.91. The summed E-state index contributed by atoms with van der Waals surface area (Å²) >= 11 is 0. The lowest BCUT2D eigenvalue weighted by Crippen LogP contribution is -2.22. The Labute approximate surface area is 175 Å². The third-order valence-corrected chi connectivity index (χ3v) is 4.75. The first-order valence-electron chi connectivity index (χ1n) is 9.59. The number of aliphatic hydroxyl groups is 1. The highest BCUT2D eigenvalue weighted by Gasteiger charge is 2.31. The van der Waals surface area contributed by atoms with E-state index in [9.17, 15) is 18.3 Å². The minimum Gasteiger partial charge on any atom is -0.406 e. The molecule has 0 atom stereocenters. The maximum atomic E-state index is 12.5. The predicted octanol–water partition coefficient (Wildman–Crippen LogP) is 4.27. The van der Waals surface area contributed by atoms with Gasteiger partial charge >= 0.3 is 6.36 Å². The van der Waals surface area contributed by atoms with Crippen molar-refractivity contribution in [3.05, 3.63) is 47.0 Å². The van der Waals surface area contributed by atoms with Gasteiger partial charge in [-0.1, -0.05) is 18.1 Å². The summed E-state index contributed by atoms with van der Waals surface area (Å²) in [6, 6.07) is 7.89. The van der Waals surface area contributed by atoms with E-state index in [1.165, 1.54) is 12.1 Å². The number of rotatable bonds is 8. The van der Waals surface area contributed by atoms with Crippen LogP contribution in [0.5, 0.6) is 5.75 Å². The van der Waals surface area contributed by atoms with Gasteiger partial charge < -0.3 is 20.1 Å². The first kappa shape index (κ1) is 23.6. The summed E-state index contributed by atoms with van der Waals surface area (Å²) in [5.41, 5.74) is 5.70. The zero-order chi connectivity index (χ0) is 22.3. The average molecular weight is 420 g/mol. The first-order valence-corrected chi connectivity index (χ1v) is 9.59. The number of ether oxygens (including phenoxy) is 1. The van der Waals surface area contributed by atoms with E-state index in [0.717, 1.165) is 33.5 Å². The molecule has 0 bridgehead atoms. The first-order chi connectivity index (χ1) is 14.2. The molecule has 162 valence electrons. The molecule has 0 fully saturated rings. The van der Waals surface area contributed by atoms with Crippen LogP contribution in [-0.4, -0.2) is 38.7 Å². The normalized spacial score (nSPS) is 11.1. The Bertz CT molecular complexity index is 913. The molecule has 0 saturated heterocycles. The fourth-order valence-electron chi connectivity index (χ4n) is 3.54. The molecular weight excluding hydrogens is 393 g/mol. The van der Waals surface area contributed by atoms with Crippen LogP contribution in [0.4, 0.5) is 18.9 Å². The highest BCUT2D eigenvalue weighted by Crippen LogP contribution is 2.37. The van der Waals surface area contributed by atoms with Crippen molar-refractivity contribution in [2.24, 2.45) is 0 Å². The molecule has 2 rings (SSSR count). The summed E-state index contributed by atoms with van der Waals surface area (Å²) in [4.78, 5) is 2.04. The molecule has 0 amide bonds. The quantitative estimate of drug-likeness (QED) is 0.626. The predicted molar refractivity (Wildman–Crippen MR) is 114 cm³/mol. The molecule has 0 aliphatic rings. The molecule has 2 aromatic carbocycles. The van der Waals surface area contributed by atoms with Gasteiger partial charge in [0.05, 0.1) is 6.54 Å². The Balaban J connectivity index is 2.61. The third-order valence-electron chi connectivity index (χ3n) is 4.75.